The minimum absolute atomic E-state index is 0.756. The van der Waals surface area contributed by atoms with E-state index in [4.69, 9.17) is 17.2 Å². The molecule has 0 unspecified atom stereocenters. The van der Waals surface area contributed by atoms with Gasteiger partial charge >= 0.3 is 84.8 Å². The molecule has 12 heavy (non-hydrogen) atoms. The van der Waals surface area contributed by atoms with Crippen LogP contribution in [0.5, 0.6) is 0 Å². The van der Waals surface area contributed by atoms with Crippen LogP contribution in [0.1, 0.15) is 39.5 Å². The van der Waals surface area contributed by atoms with Gasteiger partial charge in [-0.15, -0.1) is 0 Å². The molecular formula is C8H18ClO2V. The predicted octanol–water partition coefficient (Wildman–Crippen LogP) is 3.22. The molecule has 0 aliphatic rings. The van der Waals surface area contributed by atoms with Crippen molar-refractivity contribution < 1.29 is 22.2 Å². The molecule has 0 saturated carbocycles. The summed E-state index contributed by atoms with van der Waals surface area (Å²) in [6.07, 6.45) is 4.45. The Bertz CT molecular complexity index is 83.1. The topological polar surface area (TPSA) is 18.5 Å². The van der Waals surface area contributed by atoms with Crippen molar-refractivity contribution in [2.24, 2.45) is 0 Å². The van der Waals surface area contributed by atoms with Crippen molar-refractivity contribution in [1.82, 2.24) is 0 Å². The van der Waals surface area contributed by atoms with Crippen LogP contribution >= 0.6 is 9.85 Å². The zero-order valence-corrected chi connectivity index (χ0v) is 10.0. The van der Waals surface area contributed by atoms with Crippen molar-refractivity contribution >= 4 is 9.85 Å². The molecule has 0 amide bonds. The van der Waals surface area contributed by atoms with Crippen LogP contribution in [-0.4, -0.2) is 13.2 Å². The van der Waals surface area contributed by atoms with Gasteiger partial charge in [0, 0.05) is 0 Å². The number of hydrogen-bond donors (Lipinski definition) is 0. The van der Waals surface area contributed by atoms with Crippen molar-refractivity contribution in [2.45, 2.75) is 39.5 Å². The summed E-state index contributed by atoms with van der Waals surface area (Å²) in [6.45, 7) is 5.78. The fourth-order valence-corrected chi connectivity index (χ4v) is 2.14. The van der Waals surface area contributed by atoms with Gasteiger partial charge in [0.05, 0.1) is 0 Å². The van der Waals surface area contributed by atoms with E-state index in [1.807, 2.05) is 0 Å². The van der Waals surface area contributed by atoms with Gasteiger partial charge in [-0.05, 0) is 0 Å². The van der Waals surface area contributed by atoms with E-state index in [0.29, 0.717) is 0 Å². The normalized spacial score (nSPS) is 11.0. The molecule has 0 rings (SSSR count). The van der Waals surface area contributed by atoms with Crippen molar-refractivity contribution in [3.05, 3.63) is 0 Å². The van der Waals surface area contributed by atoms with Gasteiger partial charge in [0.1, 0.15) is 0 Å². The summed E-state index contributed by atoms with van der Waals surface area (Å²) in [6, 6.07) is 0. The Hall–Kier alpha value is 0.794. The summed E-state index contributed by atoms with van der Waals surface area (Å²) in [4.78, 5) is 0. The summed E-state index contributed by atoms with van der Waals surface area (Å²) >= 11 is -1.86. The van der Waals surface area contributed by atoms with E-state index in [2.05, 4.69) is 13.8 Å². The molecule has 0 aromatic carbocycles. The summed E-state index contributed by atoms with van der Waals surface area (Å²) in [5.74, 6) is 0. The molecule has 0 heterocycles. The van der Waals surface area contributed by atoms with Gasteiger partial charge in [-0.25, -0.2) is 0 Å². The second-order valence-electron chi connectivity index (χ2n) is 2.59. The third-order valence-electron chi connectivity index (χ3n) is 1.38. The first-order valence-electron chi connectivity index (χ1n) is 4.53. The van der Waals surface area contributed by atoms with E-state index in [9.17, 15) is 0 Å². The maximum absolute atomic E-state index is 5.85. The van der Waals surface area contributed by atoms with Gasteiger partial charge < -0.3 is 0 Å². The van der Waals surface area contributed by atoms with Crippen LogP contribution in [-0.2, 0) is 22.2 Å². The van der Waals surface area contributed by atoms with Crippen LogP contribution in [0, 0.1) is 0 Å². The Morgan fingerprint density at radius 3 is 1.75 bits per heavy atom. The molecule has 0 spiro atoms. The molecule has 2 nitrogen and oxygen atoms in total. The number of hydrogen-bond acceptors (Lipinski definition) is 2. The molecule has 0 fully saturated rings. The average Bonchev–Trinajstić information content (AvgIpc) is 2.06. The molecule has 4 heteroatoms. The van der Waals surface area contributed by atoms with Gasteiger partial charge in [0.2, 0.25) is 0 Å². The first-order chi connectivity index (χ1) is 5.81. The molecule has 0 aliphatic heterocycles. The molecule has 0 saturated heterocycles. The molecule has 0 atom stereocenters. The second-order valence-corrected chi connectivity index (χ2v) is 5.19. The fraction of sp³-hybridized carbons (Fsp3) is 1.00. The molecular weight excluding hydrogens is 214 g/mol. The summed E-state index contributed by atoms with van der Waals surface area (Å²) in [5, 5.41) is 0. The number of rotatable bonds is 8. The molecule has 0 aromatic heterocycles. The van der Waals surface area contributed by atoms with E-state index < -0.39 is 14.9 Å². The van der Waals surface area contributed by atoms with Crippen LogP contribution in [0.15, 0.2) is 0 Å². The Labute approximate surface area is 84.9 Å². The average molecular weight is 233 g/mol. The Balaban J connectivity index is 3.04. The van der Waals surface area contributed by atoms with Crippen LogP contribution in [0.4, 0.5) is 0 Å². The first-order valence-corrected chi connectivity index (χ1v) is 7.59. The summed E-state index contributed by atoms with van der Waals surface area (Å²) in [5.41, 5.74) is 0. The predicted molar refractivity (Wildman–Crippen MR) is 47.6 cm³/mol. The van der Waals surface area contributed by atoms with E-state index >= 15 is 0 Å². The van der Waals surface area contributed by atoms with Gasteiger partial charge in [-0.3, -0.25) is 0 Å². The van der Waals surface area contributed by atoms with Gasteiger partial charge in [-0.2, -0.15) is 0 Å². The molecule has 0 aliphatic carbocycles. The molecule has 0 radical (unpaired) electrons. The van der Waals surface area contributed by atoms with Crippen LogP contribution in [0.2, 0.25) is 0 Å². The van der Waals surface area contributed by atoms with E-state index in [1.165, 1.54) is 0 Å². The number of halogens is 1. The van der Waals surface area contributed by atoms with Crippen LogP contribution < -0.4 is 0 Å². The Morgan fingerprint density at radius 2 is 1.42 bits per heavy atom. The van der Waals surface area contributed by atoms with Crippen LogP contribution in [0.25, 0.3) is 0 Å². The monoisotopic (exact) mass is 232 g/mol. The van der Waals surface area contributed by atoms with E-state index in [1.54, 1.807) is 0 Å². The zero-order valence-electron chi connectivity index (χ0n) is 7.88. The quantitative estimate of drug-likeness (QED) is 0.598. The molecule has 0 bridgehead atoms. The zero-order chi connectivity index (χ0) is 9.23. The van der Waals surface area contributed by atoms with Crippen molar-refractivity contribution in [3.63, 3.8) is 0 Å². The molecule has 74 valence electrons. The third kappa shape index (κ3) is 8.89. The second kappa shape index (κ2) is 9.88. The van der Waals surface area contributed by atoms with Gasteiger partial charge in [0.15, 0.2) is 0 Å². The first kappa shape index (κ1) is 12.8. The SMILES string of the molecule is CCCC[O][V]([Cl])[O]CCCC. The fourth-order valence-electron chi connectivity index (χ4n) is 0.599. The Kier molecular flexibility index (Phi) is 10.5. The summed E-state index contributed by atoms with van der Waals surface area (Å²) in [7, 11) is 5.85. The third-order valence-corrected chi connectivity index (χ3v) is 3.39. The maximum atomic E-state index is 5.85. The minimum atomic E-state index is -1.86. The van der Waals surface area contributed by atoms with E-state index in [-0.39, 0.29) is 0 Å². The van der Waals surface area contributed by atoms with E-state index in [0.717, 1.165) is 38.9 Å². The Morgan fingerprint density at radius 1 is 1.00 bits per heavy atom. The summed E-state index contributed by atoms with van der Waals surface area (Å²) < 4.78 is 10.6. The van der Waals surface area contributed by atoms with Gasteiger partial charge in [0.25, 0.3) is 0 Å². The van der Waals surface area contributed by atoms with Crippen molar-refractivity contribution in [3.8, 4) is 0 Å². The van der Waals surface area contributed by atoms with Crippen molar-refractivity contribution in [2.75, 3.05) is 13.2 Å². The molecule has 0 N–H and O–H groups in total. The van der Waals surface area contributed by atoms with Gasteiger partial charge in [-0.1, -0.05) is 0 Å². The van der Waals surface area contributed by atoms with Crippen molar-refractivity contribution in [1.29, 1.82) is 0 Å². The standard InChI is InChI=1S/2C4H9O.ClH.V/c2*1-2-3-4-5;;/h2*2-4H2,1H3;1H;/q2*-1;;+3/p-1. The molecule has 0 aromatic rings. The number of unbranched alkanes of at least 4 members (excludes halogenated alkanes) is 2. The van der Waals surface area contributed by atoms with Crippen LogP contribution in [0.3, 0.4) is 0 Å².